The van der Waals surface area contributed by atoms with Crippen LogP contribution in [-0.4, -0.2) is 23.8 Å². The molecule has 0 saturated heterocycles. The molecule has 6 nitrogen and oxygen atoms in total. The highest BCUT2D eigenvalue weighted by Gasteiger charge is 2.36. The van der Waals surface area contributed by atoms with Crippen molar-refractivity contribution in [1.82, 2.24) is 9.88 Å². The largest absolute Gasteiger partial charge is 0.454 e. The summed E-state index contributed by atoms with van der Waals surface area (Å²) in [6.07, 6.45) is 1.30. The third kappa shape index (κ3) is 4.40. The Bertz CT molecular complexity index is 1030. The van der Waals surface area contributed by atoms with Crippen molar-refractivity contribution >= 4 is 5.91 Å². The van der Waals surface area contributed by atoms with Crippen LogP contribution in [0.4, 0.5) is 13.2 Å². The van der Waals surface area contributed by atoms with E-state index in [-0.39, 0.29) is 12.2 Å². The number of carbonyl (C=O) groups excluding carboxylic acids is 1. The Balaban J connectivity index is 1.50. The van der Waals surface area contributed by atoms with Gasteiger partial charge in [-0.15, -0.1) is 0 Å². The summed E-state index contributed by atoms with van der Waals surface area (Å²) in [5.41, 5.74) is -1.78. The van der Waals surface area contributed by atoms with Gasteiger partial charge in [0, 0.05) is 18.2 Å². The molecule has 1 N–H and O–H groups in total. The van der Waals surface area contributed by atoms with E-state index in [0.29, 0.717) is 24.1 Å². The van der Waals surface area contributed by atoms with Crippen molar-refractivity contribution in [2.24, 2.45) is 0 Å². The van der Waals surface area contributed by atoms with E-state index in [1.165, 1.54) is 6.20 Å². The summed E-state index contributed by atoms with van der Waals surface area (Å²) in [7, 11) is 0. The first-order chi connectivity index (χ1) is 14.8. The number of carbonyl (C=O) groups is 1. The molecule has 1 saturated carbocycles. The van der Waals surface area contributed by atoms with Gasteiger partial charge in [-0.05, 0) is 42.7 Å². The summed E-state index contributed by atoms with van der Waals surface area (Å²) in [5, 5.41) is 2.84. The van der Waals surface area contributed by atoms with Gasteiger partial charge in [-0.2, -0.15) is 13.2 Å². The molecule has 4 rings (SSSR count). The summed E-state index contributed by atoms with van der Waals surface area (Å²) >= 11 is 0. The summed E-state index contributed by atoms with van der Waals surface area (Å²) < 4.78 is 50.5. The quantitative estimate of drug-likeness (QED) is 0.778. The molecule has 9 heteroatoms. The summed E-state index contributed by atoms with van der Waals surface area (Å²) in [5.74, 6) is 0.846. The second-order valence-corrected chi connectivity index (χ2v) is 8.04. The van der Waals surface area contributed by atoms with Crippen LogP contribution in [0.25, 0.3) is 0 Å². The molecule has 0 atom stereocenters. The average Bonchev–Trinajstić information content (AvgIpc) is 3.21. The lowest BCUT2D eigenvalue weighted by Crippen LogP contribution is -2.44. The van der Waals surface area contributed by atoms with Gasteiger partial charge in [0.15, 0.2) is 11.5 Å². The Morgan fingerprint density at radius 3 is 2.58 bits per heavy atom. The van der Waals surface area contributed by atoms with Gasteiger partial charge in [0.25, 0.3) is 5.56 Å². The molecule has 1 fully saturated rings. The predicted octanol–water partition coefficient (Wildman–Crippen LogP) is 3.61. The van der Waals surface area contributed by atoms with Gasteiger partial charge in [-0.25, -0.2) is 0 Å². The van der Waals surface area contributed by atoms with Crippen LogP contribution >= 0.6 is 0 Å². The van der Waals surface area contributed by atoms with Crippen LogP contribution in [0.3, 0.4) is 0 Å². The normalized spacial score (nSPS) is 17.4. The number of benzene rings is 1. The number of halogens is 3. The topological polar surface area (TPSA) is 69.6 Å². The molecule has 166 valence electrons. The molecule has 1 aromatic carbocycles. The Morgan fingerprint density at radius 1 is 1.10 bits per heavy atom. The number of nitrogens with one attached hydrogen (secondary N) is 1. The maximum Gasteiger partial charge on any atom is 0.421 e. The van der Waals surface area contributed by atoms with Crippen molar-refractivity contribution in [3.63, 3.8) is 0 Å². The maximum absolute atomic E-state index is 13.0. The molecule has 31 heavy (non-hydrogen) atoms. The number of ether oxygens (including phenoxy) is 2. The average molecular weight is 436 g/mol. The van der Waals surface area contributed by atoms with Crippen molar-refractivity contribution in [2.45, 2.75) is 50.2 Å². The van der Waals surface area contributed by atoms with Crippen LogP contribution in [0.15, 0.2) is 41.3 Å². The zero-order valence-electron chi connectivity index (χ0n) is 16.8. The lowest BCUT2D eigenvalue weighted by atomic mass is 9.69. The third-order valence-electron chi connectivity index (χ3n) is 6.06. The Kier molecular flexibility index (Phi) is 5.68. The fraction of sp³-hybridized carbons (Fsp3) is 0.455. The van der Waals surface area contributed by atoms with Gasteiger partial charge in [-0.3, -0.25) is 9.59 Å². The number of pyridine rings is 1. The SMILES string of the molecule is O=C(Cn1cccc(C(F)(F)F)c1=O)NCC1(c2ccc3c(c2)OCO3)CCCCC1. The number of hydrogen-bond acceptors (Lipinski definition) is 4. The third-order valence-corrected chi connectivity index (χ3v) is 6.06. The van der Waals surface area contributed by atoms with Gasteiger partial charge >= 0.3 is 6.18 Å². The first-order valence-corrected chi connectivity index (χ1v) is 10.2. The summed E-state index contributed by atoms with van der Waals surface area (Å²) in [6, 6.07) is 7.61. The second kappa shape index (κ2) is 8.28. The standard InChI is InChI=1S/C22H23F3N2O4/c23-22(24,25)16-5-4-10-27(20(16)29)12-19(28)26-13-21(8-2-1-3-9-21)15-6-7-17-18(11-15)31-14-30-17/h4-7,10-11H,1-3,8-9,12-14H2,(H,26,28). The van der Waals surface area contributed by atoms with E-state index in [1.807, 2.05) is 18.2 Å². The Hall–Kier alpha value is -2.97. The van der Waals surface area contributed by atoms with Crippen LogP contribution in [0.5, 0.6) is 11.5 Å². The number of amides is 1. The molecule has 1 aliphatic carbocycles. The lowest BCUT2D eigenvalue weighted by Gasteiger charge is -2.38. The molecular weight excluding hydrogens is 413 g/mol. The smallest absolute Gasteiger partial charge is 0.421 e. The minimum atomic E-state index is -4.76. The van der Waals surface area contributed by atoms with Gasteiger partial charge in [0.05, 0.1) is 0 Å². The predicted molar refractivity (Wildman–Crippen MR) is 106 cm³/mol. The fourth-order valence-electron chi connectivity index (χ4n) is 4.38. The van der Waals surface area contributed by atoms with Crippen molar-refractivity contribution in [2.75, 3.05) is 13.3 Å². The van der Waals surface area contributed by atoms with Gasteiger partial charge < -0.3 is 19.4 Å². The highest BCUT2D eigenvalue weighted by Crippen LogP contribution is 2.43. The molecule has 1 amide bonds. The minimum Gasteiger partial charge on any atom is -0.454 e. The first kappa shape index (κ1) is 21.3. The second-order valence-electron chi connectivity index (χ2n) is 8.04. The van der Waals surface area contributed by atoms with Crippen LogP contribution in [-0.2, 0) is 22.9 Å². The van der Waals surface area contributed by atoms with Crippen molar-refractivity contribution in [1.29, 1.82) is 0 Å². The monoisotopic (exact) mass is 436 g/mol. The fourth-order valence-corrected chi connectivity index (χ4v) is 4.38. The maximum atomic E-state index is 13.0. The van der Waals surface area contributed by atoms with E-state index in [1.54, 1.807) is 0 Å². The molecule has 0 bridgehead atoms. The molecule has 1 aromatic heterocycles. The minimum absolute atomic E-state index is 0.175. The number of fused-ring (bicyclic) bond motifs is 1. The number of hydrogen-bond donors (Lipinski definition) is 1. The van der Waals surface area contributed by atoms with E-state index >= 15 is 0 Å². The van der Waals surface area contributed by atoms with Crippen LogP contribution < -0.4 is 20.3 Å². The van der Waals surface area contributed by atoms with Crippen LogP contribution in [0.2, 0.25) is 0 Å². The number of rotatable bonds is 5. The first-order valence-electron chi connectivity index (χ1n) is 10.2. The zero-order chi connectivity index (χ0) is 22.1. The van der Waals surface area contributed by atoms with E-state index in [4.69, 9.17) is 9.47 Å². The number of nitrogens with zero attached hydrogens (tertiary/aromatic N) is 1. The van der Waals surface area contributed by atoms with Gasteiger partial charge in [0.1, 0.15) is 12.1 Å². The molecule has 2 aliphatic rings. The number of aromatic nitrogens is 1. The zero-order valence-corrected chi connectivity index (χ0v) is 16.8. The van der Waals surface area contributed by atoms with Crippen molar-refractivity contribution in [3.8, 4) is 11.5 Å². The molecule has 0 radical (unpaired) electrons. The highest BCUT2D eigenvalue weighted by molar-refractivity contribution is 5.75. The highest BCUT2D eigenvalue weighted by atomic mass is 19.4. The molecule has 1 aliphatic heterocycles. The van der Waals surface area contributed by atoms with E-state index < -0.39 is 29.8 Å². The van der Waals surface area contributed by atoms with Crippen LogP contribution in [0.1, 0.15) is 43.2 Å². The molecule has 0 spiro atoms. The van der Waals surface area contributed by atoms with Crippen LogP contribution in [0, 0.1) is 0 Å². The van der Waals surface area contributed by atoms with Gasteiger partial charge in [-0.1, -0.05) is 25.3 Å². The molecule has 0 unspecified atom stereocenters. The van der Waals surface area contributed by atoms with E-state index in [9.17, 15) is 22.8 Å². The summed E-state index contributed by atoms with van der Waals surface area (Å²) in [4.78, 5) is 24.6. The molecule has 2 aromatic rings. The van der Waals surface area contributed by atoms with E-state index in [0.717, 1.165) is 48.3 Å². The molecular formula is C22H23F3N2O4. The van der Waals surface area contributed by atoms with E-state index in [2.05, 4.69) is 5.32 Å². The molecule has 2 heterocycles. The van der Waals surface area contributed by atoms with Gasteiger partial charge in [0.2, 0.25) is 12.7 Å². The Labute approximate surface area is 177 Å². The van der Waals surface area contributed by atoms with Crippen molar-refractivity contribution < 1.29 is 27.4 Å². The lowest BCUT2D eigenvalue weighted by molar-refractivity contribution is -0.139. The summed E-state index contributed by atoms with van der Waals surface area (Å²) in [6.45, 7) is 0.0351. The Morgan fingerprint density at radius 2 is 1.84 bits per heavy atom. The van der Waals surface area contributed by atoms with Crippen molar-refractivity contribution in [3.05, 3.63) is 58.0 Å². The number of alkyl halides is 3.